The van der Waals surface area contributed by atoms with Crippen LogP contribution in [0.1, 0.15) is 41.9 Å². The highest BCUT2D eigenvalue weighted by atomic mass is 19.3. The van der Waals surface area contributed by atoms with Crippen LogP contribution in [0.4, 0.5) is 8.78 Å². The first-order chi connectivity index (χ1) is 13.0. The van der Waals surface area contributed by atoms with Gasteiger partial charge in [0.05, 0.1) is 12.3 Å². The van der Waals surface area contributed by atoms with E-state index in [2.05, 4.69) is 10.1 Å². The predicted octanol–water partition coefficient (Wildman–Crippen LogP) is 3.36. The standard InChI is InChI=1S/C19H20F2N2O4/c1-12(13-5-2-6-14(11-13)27-19(20)21)22-17(24)15-7-3-9-23(15)18(25)16-8-4-10-26-16/h2,4-6,8,10-12,15,19H,3,7,9H2,1H3,(H,22,24)/t12-,15-/m1/s1. The number of furan rings is 1. The number of hydrogen-bond acceptors (Lipinski definition) is 4. The lowest BCUT2D eigenvalue weighted by molar-refractivity contribution is -0.125. The topological polar surface area (TPSA) is 71.8 Å². The fraction of sp³-hybridized carbons (Fsp3) is 0.368. The molecule has 144 valence electrons. The molecule has 0 bridgehead atoms. The smallest absolute Gasteiger partial charge is 0.387 e. The van der Waals surface area contributed by atoms with Crippen molar-refractivity contribution < 1.29 is 27.5 Å². The van der Waals surface area contributed by atoms with Crippen molar-refractivity contribution in [2.45, 2.75) is 38.5 Å². The molecule has 6 nitrogen and oxygen atoms in total. The van der Waals surface area contributed by atoms with E-state index in [1.54, 1.807) is 31.2 Å². The molecular weight excluding hydrogens is 358 g/mol. The number of nitrogens with one attached hydrogen (secondary N) is 1. The molecule has 0 saturated carbocycles. The summed E-state index contributed by atoms with van der Waals surface area (Å²) in [6.07, 6.45) is 2.69. The third-order valence-electron chi connectivity index (χ3n) is 4.49. The van der Waals surface area contributed by atoms with Gasteiger partial charge in [-0.15, -0.1) is 0 Å². The Morgan fingerprint density at radius 2 is 2.11 bits per heavy atom. The Bertz CT molecular complexity index is 795. The van der Waals surface area contributed by atoms with Crippen LogP contribution in [0.25, 0.3) is 0 Å². The minimum atomic E-state index is -2.91. The number of carbonyl (C=O) groups is 2. The first kappa shape index (κ1) is 18.9. The number of rotatable bonds is 6. The molecule has 0 unspecified atom stereocenters. The molecule has 3 rings (SSSR count). The number of benzene rings is 1. The number of likely N-dealkylation sites (tertiary alicyclic amines) is 1. The van der Waals surface area contributed by atoms with Gasteiger partial charge in [0.1, 0.15) is 11.8 Å². The van der Waals surface area contributed by atoms with Crippen molar-refractivity contribution in [1.29, 1.82) is 0 Å². The van der Waals surface area contributed by atoms with Gasteiger partial charge < -0.3 is 19.4 Å². The van der Waals surface area contributed by atoms with Crippen LogP contribution >= 0.6 is 0 Å². The molecule has 1 aliphatic heterocycles. The molecule has 1 N–H and O–H groups in total. The molecular formula is C19H20F2N2O4. The third kappa shape index (κ3) is 4.45. The van der Waals surface area contributed by atoms with Crippen molar-refractivity contribution in [3.63, 3.8) is 0 Å². The SMILES string of the molecule is C[C@@H](NC(=O)[C@H]1CCCN1C(=O)c1ccco1)c1cccc(OC(F)F)c1. The van der Waals surface area contributed by atoms with Gasteiger partial charge >= 0.3 is 6.61 Å². The zero-order valence-corrected chi connectivity index (χ0v) is 14.7. The van der Waals surface area contributed by atoms with Gasteiger partial charge in [0.25, 0.3) is 5.91 Å². The van der Waals surface area contributed by atoms with Crippen molar-refractivity contribution in [1.82, 2.24) is 10.2 Å². The first-order valence-electron chi connectivity index (χ1n) is 8.65. The molecule has 8 heteroatoms. The fourth-order valence-electron chi connectivity index (χ4n) is 3.18. The lowest BCUT2D eigenvalue weighted by Crippen LogP contribution is -2.46. The maximum Gasteiger partial charge on any atom is 0.387 e. The van der Waals surface area contributed by atoms with Crippen LogP contribution in [0.5, 0.6) is 5.75 Å². The van der Waals surface area contributed by atoms with Crippen LogP contribution in [-0.2, 0) is 4.79 Å². The van der Waals surface area contributed by atoms with Crippen molar-refractivity contribution in [3.05, 3.63) is 54.0 Å². The van der Waals surface area contributed by atoms with E-state index in [1.165, 1.54) is 23.3 Å². The number of amides is 2. The van der Waals surface area contributed by atoms with Crippen molar-refractivity contribution in [2.24, 2.45) is 0 Å². The molecule has 1 aliphatic rings. The highest BCUT2D eigenvalue weighted by Crippen LogP contribution is 2.24. The van der Waals surface area contributed by atoms with E-state index < -0.39 is 18.7 Å². The molecule has 0 radical (unpaired) electrons. The fourth-order valence-corrected chi connectivity index (χ4v) is 3.18. The average molecular weight is 378 g/mol. The van der Waals surface area contributed by atoms with Gasteiger partial charge in [-0.2, -0.15) is 8.78 Å². The van der Waals surface area contributed by atoms with Crippen molar-refractivity contribution in [2.75, 3.05) is 6.54 Å². The Morgan fingerprint density at radius 1 is 1.30 bits per heavy atom. The Balaban J connectivity index is 1.66. The monoisotopic (exact) mass is 378 g/mol. The molecule has 0 aliphatic carbocycles. The summed E-state index contributed by atoms with van der Waals surface area (Å²) in [4.78, 5) is 26.7. The number of nitrogens with zero attached hydrogens (tertiary/aromatic N) is 1. The molecule has 27 heavy (non-hydrogen) atoms. The molecule has 2 aromatic rings. The van der Waals surface area contributed by atoms with E-state index in [9.17, 15) is 18.4 Å². The van der Waals surface area contributed by atoms with Gasteiger partial charge in [0, 0.05) is 6.54 Å². The summed E-state index contributed by atoms with van der Waals surface area (Å²) in [7, 11) is 0. The van der Waals surface area contributed by atoms with Crippen LogP contribution in [0, 0.1) is 0 Å². The number of alkyl halides is 2. The van der Waals surface area contributed by atoms with E-state index in [0.29, 0.717) is 18.5 Å². The minimum Gasteiger partial charge on any atom is -0.459 e. The molecule has 0 spiro atoms. The largest absolute Gasteiger partial charge is 0.459 e. The van der Waals surface area contributed by atoms with E-state index in [-0.39, 0.29) is 23.3 Å². The predicted molar refractivity (Wildman–Crippen MR) is 92.4 cm³/mol. The lowest BCUT2D eigenvalue weighted by Gasteiger charge is -2.25. The Kier molecular flexibility index (Phi) is 5.73. The van der Waals surface area contributed by atoms with Crippen molar-refractivity contribution >= 4 is 11.8 Å². The maximum atomic E-state index is 12.7. The van der Waals surface area contributed by atoms with E-state index >= 15 is 0 Å². The summed E-state index contributed by atoms with van der Waals surface area (Å²) in [5, 5.41) is 2.84. The van der Waals surface area contributed by atoms with Crippen molar-refractivity contribution in [3.8, 4) is 5.75 Å². The minimum absolute atomic E-state index is 0.0269. The van der Waals surface area contributed by atoms with Crippen LogP contribution in [-0.4, -0.2) is 35.9 Å². The van der Waals surface area contributed by atoms with Crippen LogP contribution < -0.4 is 10.1 Å². The van der Waals surface area contributed by atoms with Gasteiger partial charge in [-0.3, -0.25) is 9.59 Å². The zero-order valence-electron chi connectivity index (χ0n) is 14.7. The molecule has 1 saturated heterocycles. The van der Waals surface area contributed by atoms with Gasteiger partial charge in [-0.25, -0.2) is 0 Å². The Morgan fingerprint density at radius 3 is 2.81 bits per heavy atom. The first-order valence-corrected chi connectivity index (χ1v) is 8.65. The highest BCUT2D eigenvalue weighted by molar-refractivity contribution is 5.96. The second-order valence-corrected chi connectivity index (χ2v) is 6.32. The molecule has 2 amide bonds. The molecule has 2 heterocycles. The maximum absolute atomic E-state index is 12.7. The summed E-state index contributed by atoms with van der Waals surface area (Å²) in [6, 6.07) is 8.33. The molecule has 1 fully saturated rings. The average Bonchev–Trinajstić information content (AvgIpc) is 3.32. The Labute approximate surface area is 155 Å². The summed E-state index contributed by atoms with van der Waals surface area (Å²) >= 11 is 0. The summed E-state index contributed by atoms with van der Waals surface area (Å²) in [5.74, 6) is -0.392. The lowest BCUT2D eigenvalue weighted by atomic mass is 10.1. The second kappa shape index (κ2) is 8.20. The summed E-state index contributed by atoms with van der Waals surface area (Å²) < 4.78 is 34.3. The third-order valence-corrected chi connectivity index (χ3v) is 4.49. The molecule has 1 aromatic heterocycles. The van der Waals surface area contributed by atoms with Gasteiger partial charge in [0.15, 0.2) is 5.76 Å². The quantitative estimate of drug-likeness (QED) is 0.837. The number of hydrogen-bond donors (Lipinski definition) is 1. The van der Waals surface area contributed by atoms with Crippen LogP contribution in [0.15, 0.2) is 47.1 Å². The van der Waals surface area contributed by atoms with E-state index in [1.807, 2.05) is 0 Å². The van der Waals surface area contributed by atoms with Crippen LogP contribution in [0.3, 0.4) is 0 Å². The van der Waals surface area contributed by atoms with Gasteiger partial charge in [0.2, 0.25) is 5.91 Å². The normalized spacial score (nSPS) is 17.8. The Hall–Kier alpha value is -2.90. The molecule has 1 aromatic carbocycles. The van der Waals surface area contributed by atoms with Crippen LogP contribution in [0.2, 0.25) is 0 Å². The summed E-state index contributed by atoms with van der Waals surface area (Å²) in [5.41, 5.74) is 0.628. The summed E-state index contributed by atoms with van der Waals surface area (Å²) in [6.45, 7) is -0.693. The van der Waals surface area contributed by atoms with E-state index in [4.69, 9.17) is 4.42 Å². The number of halogens is 2. The van der Waals surface area contributed by atoms with E-state index in [0.717, 1.165) is 6.42 Å². The molecule has 2 atom stereocenters. The van der Waals surface area contributed by atoms with Gasteiger partial charge in [-0.1, -0.05) is 12.1 Å². The zero-order chi connectivity index (χ0) is 19.4. The van der Waals surface area contributed by atoms with Gasteiger partial charge in [-0.05, 0) is 49.6 Å². The highest BCUT2D eigenvalue weighted by Gasteiger charge is 2.36. The number of carbonyl (C=O) groups excluding carboxylic acids is 2. The second-order valence-electron chi connectivity index (χ2n) is 6.32. The number of ether oxygens (including phenoxy) is 1.